The molecule has 0 aliphatic heterocycles. The van der Waals surface area contributed by atoms with Crippen molar-refractivity contribution in [3.05, 3.63) is 70.8 Å². The smallest absolute Gasteiger partial charge is 0.339 e. The summed E-state index contributed by atoms with van der Waals surface area (Å²) in [5.41, 5.74) is 4.63. The van der Waals surface area contributed by atoms with Gasteiger partial charge in [-0.15, -0.1) is 0 Å². The van der Waals surface area contributed by atoms with Crippen molar-refractivity contribution < 1.29 is 19.4 Å². The summed E-state index contributed by atoms with van der Waals surface area (Å²) in [5.74, 6) is -1.68. The van der Waals surface area contributed by atoms with Crippen LogP contribution < -0.4 is 4.74 Å². The molecule has 0 bridgehead atoms. The second-order valence-electron chi connectivity index (χ2n) is 9.08. The molecule has 1 N–H and O–H groups in total. The van der Waals surface area contributed by atoms with Gasteiger partial charge in [-0.05, 0) is 65.0 Å². The number of carboxylic acid groups (broad SMARTS) is 1. The Bertz CT molecular complexity index is 996. The van der Waals surface area contributed by atoms with Crippen LogP contribution in [0.2, 0.25) is 0 Å². The van der Waals surface area contributed by atoms with E-state index in [0.29, 0.717) is 0 Å². The highest BCUT2D eigenvalue weighted by molar-refractivity contribution is 5.95. The maximum absolute atomic E-state index is 12.4. The molecule has 0 atom stereocenters. The number of carbonyl (C=O) groups excluding carboxylic acids is 1. The third kappa shape index (κ3) is 4.26. The highest BCUT2D eigenvalue weighted by atomic mass is 16.5. The van der Waals surface area contributed by atoms with Gasteiger partial charge >= 0.3 is 11.9 Å². The number of rotatable bonds is 4. The fourth-order valence-electron chi connectivity index (χ4n) is 3.96. The van der Waals surface area contributed by atoms with Crippen molar-refractivity contribution in [2.75, 3.05) is 0 Å². The Morgan fingerprint density at radius 1 is 0.966 bits per heavy atom. The standard InChI is InChI=1S/C25H28O4/c1-16(14-22(26)29-21-9-7-6-8-18(21)23(27)28)17-10-11-19-20(15-17)25(4,5)13-12-24(19,2)3/h6-11,14-15H,12-13H2,1-5H3,(H,27,28). The van der Waals surface area contributed by atoms with E-state index in [1.165, 1.54) is 29.3 Å². The number of aromatic carboxylic acids is 1. The first-order valence-electron chi connectivity index (χ1n) is 9.89. The van der Waals surface area contributed by atoms with Gasteiger partial charge < -0.3 is 9.84 Å². The predicted octanol–water partition coefficient (Wildman–Crippen LogP) is 5.74. The quantitative estimate of drug-likeness (QED) is 0.409. The molecule has 4 nitrogen and oxygen atoms in total. The summed E-state index contributed by atoms with van der Waals surface area (Å²) < 4.78 is 5.29. The summed E-state index contributed by atoms with van der Waals surface area (Å²) in [6.45, 7) is 11.0. The molecule has 3 rings (SSSR count). The highest BCUT2D eigenvalue weighted by Crippen LogP contribution is 2.46. The maximum Gasteiger partial charge on any atom is 0.339 e. The van der Waals surface area contributed by atoms with E-state index in [2.05, 4.69) is 39.8 Å². The van der Waals surface area contributed by atoms with Crippen molar-refractivity contribution in [1.82, 2.24) is 0 Å². The fourth-order valence-corrected chi connectivity index (χ4v) is 3.96. The Morgan fingerprint density at radius 2 is 1.59 bits per heavy atom. The van der Waals surface area contributed by atoms with E-state index in [1.807, 2.05) is 13.0 Å². The van der Waals surface area contributed by atoms with Crippen LogP contribution in [0.5, 0.6) is 5.75 Å². The van der Waals surface area contributed by atoms with Gasteiger partial charge in [0.15, 0.2) is 0 Å². The third-order valence-electron chi connectivity index (χ3n) is 5.97. The molecule has 2 aromatic carbocycles. The Labute approximate surface area is 172 Å². The van der Waals surface area contributed by atoms with E-state index in [-0.39, 0.29) is 22.1 Å². The number of hydrogen-bond acceptors (Lipinski definition) is 3. The minimum absolute atomic E-state index is 0.0373. The zero-order valence-corrected chi connectivity index (χ0v) is 17.7. The number of ether oxygens (including phenoxy) is 1. The minimum Gasteiger partial charge on any atom is -0.478 e. The summed E-state index contributed by atoms with van der Waals surface area (Å²) in [6, 6.07) is 12.5. The number of hydrogen-bond donors (Lipinski definition) is 1. The Morgan fingerprint density at radius 3 is 2.24 bits per heavy atom. The van der Waals surface area contributed by atoms with Gasteiger partial charge in [0.05, 0.1) is 0 Å². The van der Waals surface area contributed by atoms with Gasteiger partial charge in [0, 0.05) is 6.08 Å². The first-order chi connectivity index (χ1) is 13.5. The molecule has 0 saturated carbocycles. The summed E-state index contributed by atoms with van der Waals surface area (Å²) in [7, 11) is 0. The molecule has 1 aliphatic rings. The van der Waals surface area contributed by atoms with Crippen LogP contribution in [-0.4, -0.2) is 17.0 Å². The Hall–Kier alpha value is -2.88. The summed E-state index contributed by atoms with van der Waals surface area (Å²) in [4.78, 5) is 23.7. The van der Waals surface area contributed by atoms with Crippen LogP contribution >= 0.6 is 0 Å². The lowest BCUT2D eigenvalue weighted by molar-refractivity contribution is -0.128. The number of esters is 1. The average molecular weight is 392 g/mol. The van der Waals surface area contributed by atoms with Crippen molar-refractivity contribution in [2.45, 2.75) is 58.3 Å². The van der Waals surface area contributed by atoms with Crippen LogP contribution in [0.4, 0.5) is 0 Å². The minimum atomic E-state index is -1.13. The molecule has 29 heavy (non-hydrogen) atoms. The van der Waals surface area contributed by atoms with Crippen LogP contribution in [0.15, 0.2) is 48.5 Å². The fraction of sp³-hybridized carbons (Fsp3) is 0.360. The predicted molar refractivity (Wildman–Crippen MR) is 114 cm³/mol. The Kier molecular flexibility index (Phi) is 5.40. The van der Waals surface area contributed by atoms with Crippen molar-refractivity contribution in [3.8, 4) is 5.75 Å². The molecule has 2 aromatic rings. The third-order valence-corrected chi connectivity index (χ3v) is 5.97. The molecule has 4 heteroatoms. The van der Waals surface area contributed by atoms with Gasteiger partial charge in [-0.3, -0.25) is 0 Å². The Balaban J connectivity index is 1.89. The number of benzene rings is 2. The molecular formula is C25H28O4. The zero-order valence-electron chi connectivity index (χ0n) is 17.7. The van der Waals surface area contributed by atoms with Gasteiger partial charge in [-0.1, -0.05) is 58.0 Å². The molecule has 0 heterocycles. The molecule has 1 aliphatic carbocycles. The average Bonchev–Trinajstić information content (AvgIpc) is 2.65. The van der Waals surface area contributed by atoms with Gasteiger partial charge in [0.2, 0.25) is 0 Å². The number of allylic oxidation sites excluding steroid dienone is 1. The van der Waals surface area contributed by atoms with Crippen LogP contribution in [-0.2, 0) is 15.6 Å². The number of para-hydroxylation sites is 1. The lowest BCUT2D eigenvalue weighted by Crippen LogP contribution is -2.33. The largest absolute Gasteiger partial charge is 0.478 e. The van der Waals surface area contributed by atoms with Crippen molar-refractivity contribution in [2.24, 2.45) is 0 Å². The summed E-state index contributed by atoms with van der Waals surface area (Å²) in [5, 5.41) is 9.24. The lowest BCUT2D eigenvalue weighted by atomic mass is 9.63. The topological polar surface area (TPSA) is 63.6 Å². The van der Waals surface area contributed by atoms with E-state index in [4.69, 9.17) is 4.74 Å². The highest BCUT2D eigenvalue weighted by Gasteiger charge is 2.36. The van der Waals surface area contributed by atoms with Crippen molar-refractivity contribution in [3.63, 3.8) is 0 Å². The molecule has 0 unspecified atom stereocenters. The number of carboxylic acids is 1. The second kappa shape index (κ2) is 7.51. The van der Waals surface area contributed by atoms with E-state index in [1.54, 1.807) is 12.1 Å². The molecule has 0 amide bonds. The lowest BCUT2D eigenvalue weighted by Gasteiger charge is -2.42. The van der Waals surface area contributed by atoms with Crippen LogP contribution in [0.1, 0.15) is 74.5 Å². The van der Waals surface area contributed by atoms with Gasteiger partial charge in [-0.2, -0.15) is 0 Å². The molecule has 0 fully saturated rings. The molecule has 0 radical (unpaired) electrons. The van der Waals surface area contributed by atoms with Gasteiger partial charge in [0.25, 0.3) is 0 Å². The summed E-state index contributed by atoms with van der Waals surface area (Å²) in [6.07, 6.45) is 3.69. The molecule has 152 valence electrons. The summed E-state index contributed by atoms with van der Waals surface area (Å²) >= 11 is 0. The molecule has 0 spiro atoms. The zero-order chi connectivity index (χ0) is 21.4. The second-order valence-corrected chi connectivity index (χ2v) is 9.08. The van der Waals surface area contributed by atoms with Crippen LogP contribution in [0.25, 0.3) is 5.57 Å². The van der Waals surface area contributed by atoms with E-state index in [9.17, 15) is 14.7 Å². The van der Waals surface area contributed by atoms with E-state index >= 15 is 0 Å². The van der Waals surface area contributed by atoms with Gasteiger partial charge in [-0.25, -0.2) is 9.59 Å². The molecular weight excluding hydrogens is 364 g/mol. The van der Waals surface area contributed by atoms with Gasteiger partial charge in [0.1, 0.15) is 11.3 Å². The number of carbonyl (C=O) groups is 2. The first kappa shape index (κ1) is 20.8. The van der Waals surface area contributed by atoms with Crippen LogP contribution in [0, 0.1) is 0 Å². The monoisotopic (exact) mass is 392 g/mol. The van der Waals surface area contributed by atoms with Crippen molar-refractivity contribution >= 4 is 17.5 Å². The van der Waals surface area contributed by atoms with E-state index < -0.39 is 11.9 Å². The molecule has 0 saturated heterocycles. The van der Waals surface area contributed by atoms with Crippen LogP contribution in [0.3, 0.4) is 0 Å². The SMILES string of the molecule is CC(=CC(=O)Oc1ccccc1C(=O)O)c1ccc2c(c1)C(C)(C)CCC2(C)C. The molecule has 0 aromatic heterocycles. The number of fused-ring (bicyclic) bond motifs is 1. The van der Waals surface area contributed by atoms with E-state index in [0.717, 1.165) is 24.0 Å². The van der Waals surface area contributed by atoms with Crippen molar-refractivity contribution in [1.29, 1.82) is 0 Å². The first-order valence-corrected chi connectivity index (χ1v) is 9.89. The maximum atomic E-state index is 12.4. The normalized spacial score (nSPS) is 17.3.